The van der Waals surface area contributed by atoms with Crippen LogP contribution in [0.3, 0.4) is 0 Å². The highest BCUT2D eigenvalue weighted by molar-refractivity contribution is 5.73. The van der Waals surface area contributed by atoms with Crippen LogP contribution in [0, 0.1) is 23.7 Å². The number of rotatable bonds is 9. The fraction of sp³-hybridized carbons (Fsp3) is 0.974. The van der Waals surface area contributed by atoms with Gasteiger partial charge in [0.1, 0.15) is 23.9 Å². The van der Waals surface area contributed by atoms with Gasteiger partial charge in [-0.1, -0.05) is 27.7 Å². The summed E-state index contributed by atoms with van der Waals surface area (Å²) in [6, 6.07) is -0.0329. The lowest BCUT2D eigenvalue weighted by atomic mass is 9.73. The third-order valence-corrected chi connectivity index (χ3v) is 12.7. The Kier molecular flexibility index (Phi) is 16.2. The summed E-state index contributed by atoms with van der Waals surface area (Å²) in [5.41, 5.74) is -4.03. The van der Waals surface area contributed by atoms with E-state index >= 15 is 0 Å². The number of hydrogen-bond acceptors (Lipinski definition) is 14. The van der Waals surface area contributed by atoms with Gasteiger partial charge in [-0.05, 0) is 80.8 Å². The van der Waals surface area contributed by atoms with Gasteiger partial charge in [0.15, 0.2) is 12.6 Å². The summed E-state index contributed by atoms with van der Waals surface area (Å²) in [6.45, 7) is 17.7. The minimum absolute atomic E-state index is 0.0329. The minimum atomic E-state index is -1.89. The zero-order valence-electron chi connectivity index (χ0n) is 35.0. The van der Waals surface area contributed by atoms with Crippen molar-refractivity contribution in [2.75, 3.05) is 35.4 Å². The highest BCUT2D eigenvalue weighted by atomic mass is 16.7. The molecule has 3 saturated heterocycles. The third kappa shape index (κ3) is 9.93. The molecule has 3 rings (SSSR count). The van der Waals surface area contributed by atoms with E-state index in [1.165, 1.54) is 14.0 Å². The van der Waals surface area contributed by atoms with Gasteiger partial charge in [0, 0.05) is 45.6 Å². The van der Waals surface area contributed by atoms with Gasteiger partial charge in [0.05, 0.1) is 53.7 Å². The topological polar surface area (TPSA) is 175 Å². The van der Waals surface area contributed by atoms with Crippen molar-refractivity contribution in [2.24, 2.45) is 23.7 Å². The van der Waals surface area contributed by atoms with Crippen molar-refractivity contribution in [3.63, 3.8) is 0 Å². The summed E-state index contributed by atoms with van der Waals surface area (Å²) in [5, 5.41) is 45.9. The van der Waals surface area contributed by atoms with Crippen LogP contribution in [-0.2, 0) is 42.7 Å². The van der Waals surface area contributed by atoms with Gasteiger partial charge in [0.25, 0.3) is 0 Å². The van der Waals surface area contributed by atoms with Gasteiger partial charge in [-0.2, -0.15) is 0 Å². The number of esters is 1. The lowest BCUT2D eigenvalue weighted by molar-refractivity contribution is -0.321. The molecule has 3 aliphatic rings. The molecular weight excluding hydrogens is 690 g/mol. The van der Waals surface area contributed by atoms with Gasteiger partial charge in [-0.3, -0.25) is 4.79 Å². The Morgan fingerprint density at radius 3 is 1.96 bits per heavy atom. The average molecular weight is 764 g/mol. The highest BCUT2D eigenvalue weighted by Crippen LogP contribution is 2.42. The van der Waals surface area contributed by atoms with E-state index in [0.29, 0.717) is 0 Å². The molecule has 53 heavy (non-hydrogen) atoms. The van der Waals surface area contributed by atoms with Crippen LogP contribution in [-0.4, -0.2) is 157 Å². The van der Waals surface area contributed by atoms with E-state index in [0.717, 1.165) is 6.42 Å². The van der Waals surface area contributed by atoms with Crippen molar-refractivity contribution >= 4 is 5.97 Å². The van der Waals surface area contributed by atoms with Crippen molar-refractivity contribution in [2.45, 2.75) is 185 Å². The van der Waals surface area contributed by atoms with E-state index < -0.39 is 108 Å². The first-order valence-corrected chi connectivity index (χ1v) is 19.4. The van der Waals surface area contributed by atoms with Crippen molar-refractivity contribution < 1.29 is 63.1 Å². The molecule has 0 saturated carbocycles. The Morgan fingerprint density at radius 2 is 1.43 bits per heavy atom. The second kappa shape index (κ2) is 18.5. The molecular formula is C39H73NO13. The van der Waals surface area contributed by atoms with E-state index in [4.69, 9.17) is 37.9 Å². The molecule has 0 aromatic heterocycles. The number of nitrogens with zero attached hydrogens (tertiary/aromatic N) is 1. The molecule has 0 spiro atoms. The molecule has 0 radical (unpaired) electrons. The monoisotopic (exact) mass is 764 g/mol. The Labute approximate surface area is 318 Å². The van der Waals surface area contributed by atoms with Crippen LogP contribution in [0.2, 0.25) is 0 Å². The lowest BCUT2D eigenvalue weighted by Gasteiger charge is -2.50. The summed E-state index contributed by atoms with van der Waals surface area (Å²) in [7, 11) is 8.70. The molecule has 0 amide bonds. The summed E-state index contributed by atoms with van der Waals surface area (Å²) in [5.74, 6) is -3.53. The van der Waals surface area contributed by atoms with Crippen molar-refractivity contribution in [1.82, 2.24) is 4.90 Å². The standard InChI is InChI=1S/C39H73NO13/c1-16-27-39(10,45)32(42)22(4)29(41)20(2)18-38(9,48-15)34(53-36-31(46-13)26(40(11)12)17-21(3)49-36)23(5)30(24(6)35(44)51-27)52-28-19-37(8,47-14)33(43)25(7)50-28/h20-34,36,41-43,45H,16-19H2,1-15H3/t20-,21-,22+,23+,24-,25+,26+,27-,28+,29+,30+,31-,32-,33+,34-,36+,37-,38+,39-/m1/s1. The van der Waals surface area contributed by atoms with Crippen molar-refractivity contribution in [3.05, 3.63) is 0 Å². The van der Waals surface area contributed by atoms with E-state index in [2.05, 4.69) is 4.90 Å². The van der Waals surface area contributed by atoms with Gasteiger partial charge in [-0.15, -0.1) is 0 Å². The number of cyclic esters (lactones) is 1. The predicted octanol–water partition coefficient (Wildman–Crippen LogP) is 2.89. The molecule has 0 aromatic carbocycles. The zero-order valence-corrected chi connectivity index (χ0v) is 35.0. The first-order valence-electron chi connectivity index (χ1n) is 19.4. The number of aliphatic hydroxyl groups excluding tert-OH is 3. The first-order chi connectivity index (χ1) is 24.5. The molecule has 3 aliphatic heterocycles. The molecule has 0 bridgehead atoms. The second-order valence-corrected chi connectivity index (χ2v) is 17.1. The Morgan fingerprint density at radius 1 is 0.830 bits per heavy atom. The maximum absolute atomic E-state index is 14.3. The van der Waals surface area contributed by atoms with Crippen molar-refractivity contribution in [1.29, 1.82) is 0 Å². The second-order valence-electron chi connectivity index (χ2n) is 17.1. The Bertz CT molecular complexity index is 1160. The van der Waals surface area contributed by atoms with Gasteiger partial charge in [0.2, 0.25) is 0 Å². The lowest BCUT2D eigenvalue weighted by Crippen LogP contribution is -2.62. The number of aliphatic hydroxyl groups is 4. The molecule has 0 unspecified atom stereocenters. The number of ether oxygens (including phenoxy) is 8. The summed E-state index contributed by atoms with van der Waals surface area (Å²) in [6.07, 6.45) is -8.08. The van der Waals surface area contributed by atoms with E-state index in [1.54, 1.807) is 48.8 Å². The Balaban J connectivity index is 2.24. The largest absolute Gasteiger partial charge is 0.459 e. The fourth-order valence-electron chi connectivity index (χ4n) is 9.01. The van der Waals surface area contributed by atoms with E-state index in [-0.39, 0.29) is 31.4 Å². The average Bonchev–Trinajstić information content (AvgIpc) is 3.11. The number of carbonyl (C=O) groups is 1. The molecule has 3 heterocycles. The minimum Gasteiger partial charge on any atom is -0.459 e. The Hall–Kier alpha value is -1.01. The number of likely N-dealkylation sites (N-methyl/N-ethyl adjacent to an activating group) is 1. The van der Waals surface area contributed by atoms with Crippen LogP contribution in [0.1, 0.15) is 94.9 Å². The smallest absolute Gasteiger partial charge is 0.311 e. The molecule has 14 heteroatoms. The maximum atomic E-state index is 14.3. The third-order valence-electron chi connectivity index (χ3n) is 12.7. The fourth-order valence-corrected chi connectivity index (χ4v) is 9.01. The number of hydrogen-bond donors (Lipinski definition) is 4. The summed E-state index contributed by atoms with van der Waals surface area (Å²) in [4.78, 5) is 16.3. The number of methoxy groups -OCH3 is 3. The van der Waals surface area contributed by atoms with Crippen LogP contribution in [0.25, 0.3) is 0 Å². The molecule has 0 aliphatic carbocycles. The van der Waals surface area contributed by atoms with Crippen LogP contribution in [0.15, 0.2) is 0 Å². The zero-order chi connectivity index (χ0) is 40.4. The molecule has 4 N–H and O–H groups in total. The SMILES string of the molecule is CC[C@H]1OC(=O)[C@H](C)[C@@H](O[C@H]2C[C@@](C)(OC)[C@@H](O)[C@H](C)O2)[C@H](C)[C@@H](O[C@@H]2O[C@H](C)C[C@H](N(C)C)[C@H]2OC)[C@@](C)(OC)C[C@@H](C)[C@H](O)[C@H](C)[C@@H](O)[C@]1(C)O. The van der Waals surface area contributed by atoms with Gasteiger partial charge in [-0.25, -0.2) is 0 Å². The quantitative estimate of drug-likeness (QED) is 0.253. The molecule has 0 aromatic rings. The van der Waals surface area contributed by atoms with Crippen LogP contribution < -0.4 is 0 Å². The van der Waals surface area contributed by atoms with Gasteiger partial charge < -0.3 is 63.2 Å². The van der Waals surface area contributed by atoms with E-state index in [1.807, 2.05) is 41.8 Å². The van der Waals surface area contributed by atoms with Crippen molar-refractivity contribution in [3.8, 4) is 0 Å². The maximum Gasteiger partial charge on any atom is 0.311 e. The predicted molar refractivity (Wildman–Crippen MR) is 197 cm³/mol. The summed E-state index contributed by atoms with van der Waals surface area (Å²) >= 11 is 0. The highest BCUT2D eigenvalue weighted by Gasteiger charge is 2.54. The first kappa shape index (κ1) is 46.4. The molecule has 312 valence electrons. The number of carbonyl (C=O) groups excluding carboxylic acids is 1. The molecule has 19 atom stereocenters. The van der Waals surface area contributed by atoms with Crippen LogP contribution in [0.5, 0.6) is 0 Å². The van der Waals surface area contributed by atoms with E-state index in [9.17, 15) is 25.2 Å². The summed E-state index contributed by atoms with van der Waals surface area (Å²) < 4.78 is 50.7. The van der Waals surface area contributed by atoms with Crippen LogP contribution >= 0.6 is 0 Å². The van der Waals surface area contributed by atoms with Crippen LogP contribution in [0.4, 0.5) is 0 Å². The molecule has 3 fully saturated rings. The normalized spacial score (nSPS) is 49.7. The molecule has 14 nitrogen and oxygen atoms in total. The van der Waals surface area contributed by atoms with Gasteiger partial charge >= 0.3 is 5.97 Å².